The van der Waals surface area contributed by atoms with Gasteiger partial charge in [0.2, 0.25) is 0 Å². The van der Waals surface area contributed by atoms with E-state index >= 15 is 0 Å². The lowest BCUT2D eigenvalue weighted by Gasteiger charge is -2.27. The molecule has 7 heteroatoms. The van der Waals surface area contributed by atoms with Gasteiger partial charge in [-0.1, -0.05) is 43.6 Å². The maximum atomic E-state index is 13.5. The van der Waals surface area contributed by atoms with E-state index in [2.05, 4.69) is 18.7 Å². The number of hydrogen-bond donors (Lipinski definition) is 1. The third-order valence-electron chi connectivity index (χ3n) is 6.99. The van der Waals surface area contributed by atoms with Gasteiger partial charge in [0.1, 0.15) is 11.5 Å². The first-order valence-electron chi connectivity index (χ1n) is 12.8. The molecule has 6 nitrogen and oxygen atoms in total. The fourth-order valence-electron chi connectivity index (χ4n) is 4.98. The highest BCUT2D eigenvalue weighted by molar-refractivity contribution is 6.51. The minimum Gasteiger partial charge on any atom is -0.507 e. The molecule has 1 fully saturated rings. The van der Waals surface area contributed by atoms with Crippen molar-refractivity contribution in [3.05, 3.63) is 94.0 Å². The second kappa shape index (κ2) is 11.3. The zero-order valence-electron chi connectivity index (χ0n) is 22.4. The van der Waals surface area contributed by atoms with Gasteiger partial charge in [-0.15, -0.1) is 0 Å². The van der Waals surface area contributed by atoms with Crippen LogP contribution in [0.1, 0.15) is 56.3 Å². The first-order valence-corrected chi connectivity index (χ1v) is 13.2. The summed E-state index contributed by atoms with van der Waals surface area (Å²) in [6, 6.07) is 19.0. The van der Waals surface area contributed by atoms with E-state index in [4.69, 9.17) is 16.3 Å². The molecule has 1 N–H and O–H groups in total. The number of methoxy groups -OCH3 is 1. The van der Waals surface area contributed by atoms with Crippen molar-refractivity contribution in [2.45, 2.75) is 39.7 Å². The first kappa shape index (κ1) is 27.3. The molecule has 1 heterocycles. The monoisotopic (exact) mass is 532 g/mol. The number of carbonyl (C=O) groups is 2. The molecule has 198 valence electrons. The summed E-state index contributed by atoms with van der Waals surface area (Å²) >= 11 is 6.26. The SMILES string of the molecule is CCN(CC)c1ccc(C2/C(=C(/O)c3ccc(OC)c(C(C)C)c3)C(=O)C(=O)N2c2cccc(Cl)c2)cc1. The molecule has 4 rings (SSSR count). The Morgan fingerprint density at radius 1 is 1.03 bits per heavy atom. The Morgan fingerprint density at radius 2 is 1.71 bits per heavy atom. The summed E-state index contributed by atoms with van der Waals surface area (Å²) in [5, 5.41) is 12.0. The summed E-state index contributed by atoms with van der Waals surface area (Å²) < 4.78 is 5.49. The molecule has 0 bridgehead atoms. The van der Waals surface area contributed by atoms with Crippen LogP contribution < -0.4 is 14.5 Å². The number of benzene rings is 3. The van der Waals surface area contributed by atoms with Crippen LogP contribution in [-0.2, 0) is 9.59 Å². The van der Waals surface area contributed by atoms with Crippen molar-refractivity contribution in [1.82, 2.24) is 0 Å². The molecule has 1 atom stereocenters. The average molecular weight is 533 g/mol. The number of anilines is 2. The summed E-state index contributed by atoms with van der Waals surface area (Å²) in [6.07, 6.45) is 0. The van der Waals surface area contributed by atoms with E-state index in [1.165, 1.54) is 4.90 Å². The van der Waals surface area contributed by atoms with Crippen molar-refractivity contribution in [3.8, 4) is 5.75 Å². The number of aliphatic hydroxyl groups excluding tert-OH is 1. The van der Waals surface area contributed by atoms with Gasteiger partial charge in [-0.25, -0.2) is 0 Å². The van der Waals surface area contributed by atoms with E-state index in [1.807, 2.05) is 44.2 Å². The highest BCUT2D eigenvalue weighted by atomic mass is 35.5. The lowest BCUT2D eigenvalue weighted by molar-refractivity contribution is -0.132. The Balaban J connectivity index is 1.92. The van der Waals surface area contributed by atoms with E-state index in [9.17, 15) is 14.7 Å². The van der Waals surface area contributed by atoms with Crippen molar-refractivity contribution in [1.29, 1.82) is 0 Å². The highest BCUT2D eigenvalue weighted by Crippen LogP contribution is 2.43. The standard InChI is InChI=1S/C31H33ClN2O4/c1-6-33(7-2)23-14-11-20(12-15-23)28-27(29(35)21-13-16-26(38-5)25(17-21)19(3)4)30(36)31(37)34(28)24-10-8-9-22(32)18-24/h8-19,28,35H,6-7H2,1-5H3/b29-27-. The average Bonchev–Trinajstić information content (AvgIpc) is 3.19. The predicted molar refractivity (Wildman–Crippen MR) is 153 cm³/mol. The van der Waals surface area contributed by atoms with E-state index < -0.39 is 17.7 Å². The van der Waals surface area contributed by atoms with Gasteiger partial charge in [0.25, 0.3) is 11.7 Å². The van der Waals surface area contributed by atoms with Crippen LogP contribution in [0.4, 0.5) is 11.4 Å². The van der Waals surface area contributed by atoms with Crippen molar-refractivity contribution in [2.24, 2.45) is 0 Å². The van der Waals surface area contributed by atoms with Gasteiger partial charge in [-0.3, -0.25) is 14.5 Å². The van der Waals surface area contributed by atoms with Crippen LogP contribution in [0, 0.1) is 0 Å². The zero-order chi connectivity index (χ0) is 27.6. The molecule has 1 saturated heterocycles. The van der Waals surface area contributed by atoms with Crippen LogP contribution in [0.5, 0.6) is 5.75 Å². The zero-order valence-corrected chi connectivity index (χ0v) is 23.1. The number of nitrogens with zero attached hydrogens (tertiary/aromatic N) is 2. The van der Waals surface area contributed by atoms with Gasteiger partial charge in [0.15, 0.2) is 0 Å². The van der Waals surface area contributed by atoms with Crippen LogP contribution in [-0.4, -0.2) is 37.0 Å². The summed E-state index contributed by atoms with van der Waals surface area (Å²) in [5.41, 5.74) is 3.60. The Kier molecular flexibility index (Phi) is 8.12. The van der Waals surface area contributed by atoms with Crippen molar-refractivity contribution < 1.29 is 19.4 Å². The number of carbonyl (C=O) groups excluding carboxylic acids is 2. The highest BCUT2D eigenvalue weighted by Gasteiger charge is 2.47. The van der Waals surface area contributed by atoms with Crippen LogP contribution in [0.25, 0.3) is 5.76 Å². The minimum absolute atomic E-state index is 0.0328. The number of hydrogen-bond acceptors (Lipinski definition) is 5. The molecule has 3 aromatic carbocycles. The van der Waals surface area contributed by atoms with Crippen molar-refractivity contribution >= 4 is 40.4 Å². The number of ether oxygens (including phenoxy) is 1. The largest absolute Gasteiger partial charge is 0.507 e. The smallest absolute Gasteiger partial charge is 0.300 e. The Labute approximate surface area is 229 Å². The quantitative estimate of drug-likeness (QED) is 0.193. The fourth-order valence-corrected chi connectivity index (χ4v) is 5.17. The van der Waals surface area contributed by atoms with Gasteiger partial charge in [-0.05, 0) is 79.4 Å². The number of halogens is 1. The summed E-state index contributed by atoms with van der Waals surface area (Å²) in [6.45, 7) is 9.94. The molecule has 1 unspecified atom stereocenters. The molecule has 0 saturated carbocycles. The molecule has 38 heavy (non-hydrogen) atoms. The van der Waals surface area contributed by atoms with E-state index in [0.29, 0.717) is 27.6 Å². The van der Waals surface area contributed by atoms with Gasteiger partial charge in [0, 0.05) is 35.1 Å². The summed E-state index contributed by atoms with van der Waals surface area (Å²) in [7, 11) is 1.60. The number of Topliss-reactive ketones (excluding diaryl/α,β-unsaturated/α-hetero) is 1. The van der Waals surface area contributed by atoms with Crippen LogP contribution in [0.2, 0.25) is 5.02 Å². The Morgan fingerprint density at radius 3 is 2.29 bits per heavy atom. The van der Waals surface area contributed by atoms with E-state index in [0.717, 1.165) is 24.3 Å². The molecule has 0 spiro atoms. The van der Waals surface area contributed by atoms with E-state index in [-0.39, 0.29) is 17.3 Å². The molecular weight excluding hydrogens is 500 g/mol. The molecule has 3 aromatic rings. The second-order valence-electron chi connectivity index (χ2n) is 9.52. The van der Waals surface area contributed by atoms with Crippen molar-refractivity contribution in [2.75, 3.05) is 30.0 Å². The molecule has 0 aromatic heterocycles. The summed E-state index contributed by atoms with van der Waals surface area (Å²) in [5.74, 6) is -0.879. The van der Waals surface area contributed by atoms with Crippen molar-refractivity contribution in [3.63, 3.8) is 0 Å². The van der Waals surface area contributed by atoms with Gasteiger partial charge < -0.3 is 14.7 Å². The maximum Gasteiger partial charge on any atom is 0.300 e. The Hall–Kier alpha value is -3.77. The summed E-state index contributed by atoms with van der Waals surface area (Å²) in [4.78, 5) is 30.6. The van der Waals surface area contributed by atoms with Crippen LogP contribution in [0.3, 0.4) is 0 Å². The van der Waals surface area contributed by atoms with Gasteiger partial charge >= 0.3 is 0 Å². The normalized spacial score (nSPS) is 16.8. The second-order valence-corrected chi connectivity index (χ2v) is 9.96. The topological polar surface area (TPSA) is 70.1 Å². The molecule has 0 aliphatic carbocycles. The Bertz CT molecular complexity index is 1380. The predicted octanol–water partition coefficient (Wildman–Crippen LogP) is 6.94. The fraction of sp³-hybridized carbons (Fsp3) is 0.290. The minimum atomic E-state index is -0.830. The number of aliphatic hydroxyl groups is 1. The maximum absolute atomic E-state index is 13.5. The first-order chi connectivity index (χ1) is 18.2. The number of rotatable bonds is 8. The number of ketones is 1. The lowest BCUT2D eigenvalue weighted by Crippen LogP contribution is -2.29. The van der Waals surface area contributed by atoms with Gasteiger partial charge in [0.05, 0.1) is 18.7 Å². The molecule has 1 amide bonds. The van der Waals surface area contributed by atoms with Crippen LogP contribution >= 0.6 is 11.6 Å². The van der Waals surface area contributed by atoms with Gasteiger partial charge in [-0.2, -0.15) is 0 Å². The molecule has 1 aliphatic rings. The number of amides is 1. The van der Waals surface area contributed by atoms with Crippen LogP contribution in [0.15, 0.2) is 72.3 Å². The molecular formula is C31H33ClN2O4. The lowest BCUT2D eigenvalue weighted by atomic mass is 9.93. The third-order valence-corrected chi connectivity index (χ3v) is 7.23. The third kappa shape index (κ3) is 5.01. The molecule has 1 aliphatic heterocycles. The van der Waals surface area contributed by atoms with E-state index in [1.54, 1.807) is 43.5 Å². The molecule has 0 radical (unpaired) electrons.